The first kappa shape index (κ1) is 33.4. The van der Waals surface area contributed by atoms with E-state index >= 15 is 0 Å². The van der Waals surface area contributed by atoms with Crippen molar-refractivity contribution in [1.29, 1.82) is 0 Å². The molecule has 1 heterocycles. The van der Waals surface area contributed by atoms with Gasteiger partial charge in [0.05, 0.1) is 0 Å². The number of alkyl carbamates (subject to hydrolysis) is 2. The van der Waals surface area contributed by atoms with Gasteiger partial charge in [-0.25, -0.2) is 14.0 Å². The van der Waals surface area contributed by atoms with Crippen LogP contribution >= 0.6 is 0 Å². The second kappa shape index (κ2) is 13.9. The molecule has 0 saturated carbocycles. The Hall–Kier alpha value is -4.08. The van der Waals surface area contributed by atoms with E-state index in [4.69, 9.17) is 9.47 Å². The summed E-state index contributed by atoms with van der Waals surface area (Å²) in [5.41, 5.74) is 1.58. The molecule has 234 valence electrons. The van der Waals surface area contributed by atoms with E-state index in [1.165, 1.54) is 12.1 Å². The van der Waals surface area contributed by atoms with E-state index in [0.29, 0.717) is 18.5 Å². The number of H-pyrrole nitrogens is 1. The molecule has 43 heavy (non-hydrogen) atoms. The number of rotatable bonds is 10. The number of amides is 3. The lowest BCUT2D eigenvalue weighted by Crippen LogP contribution is -2.47. The lowest BCUT2D eigenvalue weighted by Gasteiger charge is -2.28. The summed E-state index contributed by atoms with van der Waals surface area (Å²) in [4.78, 5) is 41.3. The van der Waals surface area contributed by atoms with E-state index in [1.54, 1.807) is 59.7 Å². The third-order valence-electron chi connectivity index (χ3n) is 6.61. The van der Waals surface area contributed by atoms with Crippen LogP contribution in [0.3, 0.4) is 0 Å². The smallest absolute Gasteiger partial charge is 0.407 e. The summed E-state index contributed by atoms with van der Waals surface area (Å²) in [5.74, 6) is -0.527. The number of hydrogen-bond donors (Lipinski definition) is 4. The maximum absolute atomic E-state index is 13.3. The minimum atomic E-state index is -0.687. The van der Waals surface area contributed by atoms with Gasteiger partial charge in [0, 0.05) is 29.5 Å². The predicted molar refractivity (Wildman–Crippen MR) is 166 cm³/mol. The number of aromatic nitrogens is 1. The second-order valence-corrected chi connectivity index (χ2v) is 13.1. The molecule has 0 saturated heterocycles. The maximum atomic E-state index is 13.3. The summed E-state index contributed by atoms with van der Waals surface area (Å²) in [6, 6.07) is 13.0. The van der Waals surface area contributed by atoms with Crippen molar-refractivity contribution in [3.63, 3.8) is 0 Å². The van der Waals surface area contributed by atoms with Crippen molar-refractivity contribution in [3.05, 3.63) is 60.0 Å². The summed E-state index contributed by atoms with van der Waals surface area (Å²) < 4.78 is 24.2. The Morgan fingerprint density at radius 1 is 0.814 bits per heavy atom. The molecule has 3 rings (SSSR count). The number of carbonyl (C=O) groups excluding carboxylic acids is 3. The third kappa shape index (κ3) is 10.9. The van der Waals surface area contributed by atoms with Crippen molar-refractivity contribution in [1.82, 2.24) is 20.9 Å². The van der Waals surface area contributed by atoms with Gasteiger partial charge in [0.25, 0.3) is 5.91 Å². The lowest BCUT2D eigenvalue weighted by atomic mass is 9.97. The van der Waals surface area contributed by atoms with Gasteiger partial charge in [-0.15, -0.1) is 0 Å². The van der Waals surface area contributed by atoms with Crippen LogP contribution in [0, 0.1) is 11.7 Å². The summed E-state index contributed by atoms with van der Waals surface area (Å²) in [5, 5.41) is 9.56. The highest BCUT2D eigenvalue weighted by Crippen LogP contribution is 2.25. The molecule has 3 amide bonds. The molecule has 4 N–H and O–H groups in total. The number of hydrogen-bond acceptors (Lipinski definition) is 5. The molecule has 3 aromatic rings. The lowest BCUT2D eigenvalue weighted by molar-refractivity contribution is 0.0463. The molecular formula is C33H45FN4O5. The number of carbonyl (C=O) groups is 3. The van der Waals surface area contributed by atoms with Gasteiger partial charge >= 0.3 is 12.2 Å². The zero-order chi connectivity index (χ0) is 31.9. The van der Waals surface area contributed by atoms with Crippen LogP contribution in [-0.4, -0.2) is 52.9 Å². The highest BCUT2D eigenvalue weighted by atomic mass is 19.1. The number of ether oxygens (including phenoxy) is 2. The van der Waals surface area contributed by atoms with E-state index in [2.05, 4.69) is 20.9 Å². The molecule has 1 aromatic heterocycles. The fraction of sp³-hybridized carbons (Fsp3) is 0.485. The van der Waals surface area contributed by atoms with Crippen molar-refractivity contribution >= 4 is 29.0 Å². The van der Waals surface area contributed by atoms with Crippen LogP contribution in [-0.2, 0) is 9.47 Å². The van der Waals surface area contributed by atoms with E-state index < -0.39 is 29.4 Å². The largest absolute Gasteiger partial charge is 0.444 e. The van der Waals surface area contributed by atoms with Gasteiger partial charge in [-0.2, -0.15) is 0 Å². The predicted octanol–water partition coefficient (Wildman–Crippen LogP) is 6.93. The van der Waals surface area contributed by atoms with E-state index in [1.807, 2.05) is 32.0 Å². The van der Waals surface area contributed by atoms with Gasteiger partial charge in [-0.1, -0.05) is 38.1 Å². The first-order valence-electron chi connectivity index (χ1n) is 14.6. The first-order valence-corrected chi connectivity index (χ1v) is 14.6. The fourth-order valence-corrected chi connectivity index (χ4v) is 4.49. The van der Waals surface area contributed by atoms with Crippen LogP contribution in [0.2, 0.25) is 0 Å². The Morgan fingerprint density at radius 3 is 1.98 bits per heavy atom. The molecule has 0 fully saturated rings. The average Bonchev–Trinajstić information content (AvgIpc) is 3.31. The SMILES string of the molecule is CC(C)C(CC[C@@H](CNC(=O)c1cc2ccc(-c3ccc(F)cc3)cc2[nH]1)NC(=O)OC(C)(C)C)NC(=O)OC(C)(C)C. The zero-order valence-corrected chi connectivity index (χ0v) is 26.4. The van der Waals surface area contributed by atoms with E-state index in [0.717, 1.165) is 22.0 Å². The standard InChI is InChI=1S/C33H45FN4O5/c1-20(2)26(38-31(41)43-33(6,7)8)16-15-25(36-30(40)42-32(3,4)5)19-35-29(39)28-18-23-10-9-22(17-27(23)37-28)21-11-13-24(34)14-12-21/h9-14,17-18,20,25-26,37H,15-16,19H2,1-8H3,(H,35,39)(H,36,40)(H,38,41)/t25-,26?/m0/s1. The Bertz CT molecular complexity index is 1400. The summed E-state index contributed by atoms with van der Waals surface area (Å²) in [6.07, 6.45) is -0.0954. The topological polar surface area (TPSA) is 122 Å². The van der Waals surface area contributed by atoms with Gasteiger partial charge in [0.1, 0.15) is 22.7 Å². The van der Waals surface area contributed by atoms with Crippen LogP contribution in [0.25, 0.3) is 22.0 Å². The number of aromatic amines is 1. The molecule has 0 aliphatic heterocycles. The monoisotopic (exact) mass is 596 g/mol. The highest BCUT2D eigenvalue weighted by molar-refractivity contribution is 5.98. The number of halogens is 1. The van der Waals surface area contributed by atoms with Gasteiger partial charge < -0.3 is 30.4 Å². The molecule has 0 aliphatic carbocycles. The molecule has 0 aliphatic rings. The van der Waals surface area contributed by atoms with Crippen molar-refractivity contribution in [2.75, 3.05) is 6.54 Å². The quantitative estimate of drug-likeness (QED) is 0.202. The Morgan fingerprint density at radius 2 is 1.40 bits per heavy atom. The Kier molecular flexibility index (Phi) is 10.8. The molecular weight excluding hydrogens is 551 g/mol. The van der Waals surface area contributed by atoms with Crippen molar-refractivity contribution in [2.24, 2.45) is 5.92 Å². The van der Waals surface area contributed by atoms with Gasteiger partial charge in [-0.05, 0) is 95.7 Å². The van der Waals surface area contributed by atoms with Crippen LogP contribution in [0.1, 0.15) is 78.7 Å². The normalized spacial score (nSPS) is 13.3. The van der Waals surface area contributed by atoms with Crippen LogP contribution < -0.4 is 16.0 Å². The van der Waals surface area contributed by atoms with Crippen molar-refractivity contribution in [3.8, 4) is 11.1 Å². The summed E-state index contributed by atoms with van der Waals surface area (Å²) in [6.45, 7) is 14.9. The molecule has 2 aromatic carbocycles. The summed E-state index contributed by atoms with van der Waals surface area (Å²) >= 11 is 0. The Labute approximate surface area is 253 Å². The number of benzene rings is 2. The summed E-state index contributed by atoms with van der Waals surface area (Å²) in [7, 11) is 0. The number of nitrogens with one attached hydrogen (secondary N) is 4. The molecule has 10 heteroatoms. The van der Waals surface area contributed by atoms with Crippen LogP contribution in [0.4, 0.5) is 14.0 Å². The average molecular weight is 597 g/mol. The van der Waals surface area contributed by atoms with Crippen molar-refractivity contribution < 1.29 is 28.2 Å². The van der Waals surface area contributed by atoms with E-state index in [-0.39, 0.29) is 30.2 Å². The first-order chi connectivity index (χ1) is 20.0. The molecule has 0 radical (unpaired) electrons. The molecule has 0 bridgehead atoms. The number of fused-ring (bicyclic) bond motifs is 1. The minimum Gasteiger partial charge on any atom is -0.444 e. The fourth-order valence-electron chi connectivity index (χ4n) is 4.49. The molecule has 0 spiro atoms. The molecule has 1 unspecified atom stereocenters. The maximum Gasteiger partial charge on any atom is 0.407 e. The highest BCUT2D eigenvalue weighted by Gasteiger charge is 2.25. The third-order valence-corrected chi connectivity index (χ3v) is 6.61. The van der Waals surface area contributed by atoms with Gasteiger partial charge in [0.15, 0.2) is 0 Å². The van der Waals surface area contributed by atoms with Gasteiger partial charge in [0.2, 0.25) is 0 Å². The molecule has 9 nitrogen and oxygen atoms in total. The van der Waals surface area contributed by atoms with Crippen LogP contribution in [0.5, 0.6) is 0 Å². The van der Waals surface area contributed by atoms with Crippen molar-refractivity contribution in [2.45, 2.75) is 91.5 Å². The van der Waals surface area contributed by atoms with Gasteiger partial charge in [-0.3, -0.25) is 4.79 Å². The Balaban J connectivity index is 1.69. The molecule has 2 atom stereocenters. The minimum absolute atomic E-state index is 0.107. The van der Waals surface area contributed by atoms with Crippen LogP contribution in [0.15, 0.2) is 48.5 Å². The van der Waals surface area contributed by atoms with E-state index in [9.17, 15) is 18.8 Å². The second-order valence-electron chi connectivity index (χ2n) is 13.1. The zero-order valence-electron chi connectivity index (χ0n) is 26.4.